The molecule has 7 nitrogen and oxygen atoms in total. The molecule has 0 radical (unpaired) electrons. The van der Waals surface area contributed by atoms with Gasteiger partial charge < -0.3 is 15.7 Å². The van der Waals surface area contributed by atoms with Crippen molar-refractivity contribution < 1.29 is 14.2 Å². The molecule has 8 heteroatoms. The second-order valence-electron chi connectivity index (χ2n) is 6.20. The number of hydrogen-bond donors (Lipinski definition) is 2. The van der Waals surface area contributed by atoms with Crippen molar-refractivity contribution in [2.45, 2.75) is 6.42 Å². The monoisotopic (exact) mass is 425 g/mol. The van der Waals surface area contributed by atoms with Crippen molar-refractivity contribution in [3.63, 3.8) is 0 Å². The summed E-state index contributed by atoms with van der Waals surface area (Å²) >= 11 is 3.32. The Morgan fingerprint density at radius 3 is 2.96 bits per heavy atom. The van der Waals surface area contributed by atoms with Crippen LogP contribution in [0.15, 0.2) is 34.9 Å². The van der Waals surface area contributed by atoms with Crippen molar-refractivity contribution in [2.75, 3.05) is 50.0 Å². The van der Waals surface area contributed by atoms with E-state index >= 15 is 0 Å². The molecule has 1 saturated heterocycles. The summed E-state index contributed by atoms with van der Waals surface area (Å²) < 4.78 is 0.697. The van der Waals surface area contributed by atoms with E-state index in [2.05, 4.69) is 35.7 Å². The van der Waals surface area contributed by atoms with Gasteiger partial charge in [-0.3, -0.25) is 9.69 Å². The second-order valence-corrected chi connectivity index (χ2v) is 7.12. The standard InChI is InChI=1S/C18H22BrN5O2.3H2/c19-13-11-14(18(20)21-12-13)17(26)15-3-1-4-16(22-15)24-6-2-5-23(7-8-24)9-10-25;;;/h1,3-4,11-12,25H,2,5-10H2,(H2,20,21);3*1H. The lowest BCUT2D eigenvalue weighted by molar-refractivity contribution is 0.103. The summed E-state index contributed by atoms with van der Waals surface area (Å²) in [4.78, 5) is 25.8. The predicted octanol–water partition coefficient (Wildman–Crippen LogP) is 2.29. The number of anilines is 2. The van der Waals surface area contributed by atoms with E-state index in [1.807, 2.05) is 12.1 Å². The lowest BCUT2D eigenvalue weighted by Crippen LogP contribution is -2.32. The van der Waals surface area contributed by atoms with E-state index in [4.69, 9.17) is 10.8 Å². The summed E-state index contributed by atoms with van der Waals surface area (Å²) in [5.74, 6) is 0.734. The number of β-amino-alcohol motifs (C(OH)–C–C–N with tert-alkyl or cyclic N) is 1. The third-order valence-corrected chi connectivity index (χ3v) is 4.86. The smallest absolute Gasteiger partial charge is 0.215 e. The number of aromatic nitrogens is 2. The number of nitrogens with zero attached hydrogens (tertiary/aromatic N) is 4. The molecule has 0 saturated carbocycles. The van der Waals surface area contributed by atoms with Crippen LogP contribution in [0.1, 0.15) is 26.8 Å². The maximum absolute atomic E-state index is 12.8. The Morgan fingerprint density at radius 2 is 2.15 bits per heavy atom. The van der Waals surface area contributed by atoms with Crippen molar-refractivity contribution in [2.24, 2.45) is 0 Å². The van der Waals surface area contributed by atoms with Crippen LogP contribution in [0.25, 0.3) is 0 Å². The van der Waals surface area contributed by atoms with Crippen molar-refractivity contribution in [3.8, 4) is 0 Å². The summed E-state index contributed by atoms with van der Waals surface area (Å²) in [5, 5.41) is 9.12. The molecule has 2 aromatic rings. The maximum atomic E-state index is 12.8. The Labute approximate surface area is 165 Å². The average molecular weight is 426 g/mol. The number of ketones is 1. The van der Waals surface area contributed by atoms with Crippen molar-refractivity contribution in [1.82, 2.24) is 14.9 Å². The molecule has 0 aliphatic carbocycles. The average Bonchev–Trinajstić information content (AvgIpc) is 2.89. The van der Waals surface area contributed by atoms with Crippen LogP contribution in [-0.2, 0) is 0 Å². The van der Waals surface area contributed by atoms with Crippen LogP contribution in [0.3, 0.4) is 0 Å². The zero-order valence-electron chi connectivity index (χ0n) is 14.4. The van der Waals surface area contributed by atoms with Crippen molar-refractivity contribution in [1.29, 1.82) is 0 Å². The predicted molar refractivity (Wildman–Crippen MR) is 111 cm³/mol. The molecule has 0 atom stereocenters. The molecular formula is C18H28BrN5O2. The number of nitrogen functional groups attached to an aromatic ring is 1. The van der Waals surface area contributed by atoms with Crippen LogP contribution in [-0.4, -0.2) is 65.1 Å². The van der Waals surface area contributed by atoms with E-state index in [1.165, 1.54) is 0 Å². The second kappa shape index (κ2) is 8.57. The fourth-order valence-corrected chi connectivity index (χ4v) is 3.39. The number of nitrogens with two attached hydrogens (primary N) is 1. The first-order chi connectivity index (χ1) is 12.6. The van der Waals surface area contributed by atoms with Gasteiger partial charge >= 0.3 is 0 Å². The minimum Gasteiger partial charge on any atom is -0.395 e. The zero-order valence-corrected chi connectivity index (χ0v) is 16.0. The van der Waals surface area contributed by atoms with E-state index in [-0.39, 0.29) is 22.5 Å². The van der Waals surface area contributed by atoms with Gasteiger partial charge in [-0.1, -0.05) is 6.07 Å². The quantitative estimate of drug-likeness (QED) is 0.709. The van der Waals surface area contributed by atoms with Gasteiger partial charge in [0.2, 0.25) is 5.78 Å². The summed E-state index contributed by atoms with van der Waals surface area (Å²) in [7, 11) is 0. The molecule has 26 heavy (non-hydrogen) atoms. The van der Waals surface area contributed by atoms with Crippen LogP contribution in [0, 0.1) is 0 Å². The number of halogens is 1. The lowest BCUT2D eigenvalue weighted by atomic mass is 10.1. The molecule has 144 valence electrons. The van der Waals surface area contributed by atoms with Gasteiger partial charge in [-0.15, -0.1) is 0 Å². The van der Waals surface area contributed by atoms with Crippen LogP contribution in [0.4, 0.5) is 11.6 Å². The first kappa shape index (κ1) is 18.8. The van der Waals surface area contributed by atoms with Crippen LogP contribution < -0.4 is 10.6 Å². The first-order valence-corrected chi connectivity index (χ1v) is 9.38. The van der Waals surface area contributed by atoms with E-state index in [0.29, 0.717) is 22.3 Å². The van der Waals surface area contributed by atoms with Gasteiger partial charge in [-0.25, -0.2) is 9.97 Å². The first-order valence-electron chi connectivity index (χ1n) is 8.59. The van der Waals surface area contributed by atoms with Gasteiger partial charge in [0.25, 0.3) is 0 Å². The lowest BCUT2D eigenvalue weighted by Gasteiger charge is -2.22. The SMILES string of the molecule is Nc1ncc(Br)cc1C(=O)c1cccc(N2CCCN(CCO)CC2)n1.[HH].[HH].[HH]. The highest BCUT2D eigenvalue weighted by molar-refractivity contribution is 9.10. The Balaban J connectivity index is 0.00000261. The van der Waals surface area contributed by atoms with Gasteiger partial charge in [0.15, 0.2) is 0 Å². The summed E-state index contributed by atoms with van der Waals surface area (Å²) in [6.45, 7) is 4.36. The Kier molecular flexibility index (Phi) is 6.18. The molecule has 3 rings (SSSR count). The van der Waals surface area contributed by atoms with E-state index in [9.17, 15) is 4.79 Å². The zero-order chi connectivity index (χ0) is 18.5. The molecule has 0 spiro atoms. The highest BCUT2D eigenvalue weighted by atomic mass is 79.9. The van der Waals surface area contributed by atoms with E-state index in [1.54, 1.807) is 18.3 Å². The van der Waals surface area contributed by atoms with E-state index < -0.39 is 0 Å². The minimum atomic E-state index is -0.241. The normalized spacial score (nSPS) is 15.7. The highest BCUT2D eigenvalue weighted by Crippen LogP contribution is 2.20. The van der Waals surface area contributed by atoms with Crippen LogP contribution in [0.2, 0.25) is 0 Å². The molecular weight excluding hydrogens is 398 g/mol. The van der Waals surface area contributed by atoms with Gasteiger partial charge in [0, 0.05) is 41.1 Å². The summed E-state index contributed by atoms with van der Waals surface area (Å²) in [6.07, 6.45) is 2.55. The van der Waals surface area contributed by atoms with E-state index in [0.717, 1.165) is 38.4 Å². The van der Waals surface area contributed by atoms with Gasteiger partial charge in [0.1, 0.15) is 17.3 Å². The number of carbonyl (C=O) groups excluding carboxylic acids is 1. The third-order valence-electron chi connectivity index (χ3n) is 4.43. The molecule has 3 heterocycles. The molecule has 0 unspecified atom stereocenters. The highest BCUT2D eigenvalue weighted by Gasteiger charge is 2.19. The van der Waals surface area contributed by atoms with Crippen molar-refractivity contribution in [3.05, 3.63) is 46.2 Å². The van der Waals surface area contributed by atoms with Gasteiger partial charge in [-0.05, 0) is 47.1 Å². The van der Waals surface area contributed by atoms with Crippen LogP contribution in [0.5, 0.6) is 0 Å². The van der Waals surface area contributed by atoms with Crippen LogP contribution >= 0.6 is 15.9 Å². The van der Waals surface area contributed by atoms with Gasteiger partial charge in [-0.2, -0.15) is 0 Å². The third kappa shape index (κ3) is 4.38. The number of hydrogen-bond acceptors (Lipinski definition) is 7. The molecule has 0 bridgehead atoms. The van der Waals surface area contributed by atoms with Crippen molar-refractivity contribution >= 4 is 33.3 Å². The molecule has 0 amide bonds. The Hall–Kier alpha value is -2.03. The minimum absolute atomic E-state index is 0. The molecule has 2 aromatic heterocycles. The number of rotatable bonds is 5. The molecule has 0 aromatic carbocycles. The number of carbonyl (C=O) groups is 1. The Morgan fingerprint density at radius 1 is 1.31 bits per heavy atom. The number of pyridine rings is 2. The molecule has 1 aliphatic rings. The van der Waals surface area contributed by atoms with Gasteiger partial charge in [0.05, 0.1) is 12.2 Å². The number of aliphatic hydroxyl groups excluding tert-OH is 1. The fourth-order valence-electron chi connectivity index (χ4n) is 3.06. The molecule has 1 fully saturated rings. The topological polar surface area (TPSA) is 95.6 Å². The molecule has 3 N–H and O–H groups in total. The summed E-state index contributed by atoms with van der Waals surface area (Å²) in [5.41, 5.74) is 6.55. The summed E-state index contributed by atoms with van der Waals surface area (Å²) in [6, 6.07) is 7.12. The maximum Gasteiger partial charge on any atom is 0.215 e. The molecule has 1 aliphatic heterocycles. The largest absolute Gasteiger partial charge is 0.395 e. The Bertz CT molecular complexity index is 800. The number of aliphatic hydroxyl groups is 1. The fraction of sp³-hybridized carbons (Fsp3) is 0.389.